The second-order valence-electron chi connectivity index (χ2n) is 2.40. The van der Waals surface area contributed by atoms with Crippen molar-refractivity contribution >= 4 is 0 Å². The Morgan fingerprint density at radius 3 is 0.933 bits per heavy atom. The second-order valence-corrected chi connectivity index (χ2v) is 2.40. The van der Waals surface area contributed by atoms with E-state index >= 15 is 0 Å². The van der Waals surface area contributed by atoms with Gasteiger partial charge in [-0.25, -0.2) is 13.2 Å². The molecule has 0 amide bonds. The Morgan fingerprint density at radius 1 is 0.600 bits per heavy atom. The third kappa shape index (κ3) is 1.37. The van der Waals surface area contributed by atoms with Crippen molar-refractivity contribution in [1.82, 2.24) is 0 Å². The Labute approximate surface area is 82.2 Å². The fourth-order valence-corrected chi connectivity index (χ4v) is 0.959. The van der Waals surface area contributed by atoms with Crippen LogP contribution in [0.1, 0.15) is 16.7 Å². The van der Waals surface area contributed by atoms with E-state index in [1.165, 1.54) is 0 Å². The topological polar surface area (TPSA) is 71.4 Å². The van der Waals surface area contributed by atoms with Gasteiger partial charge in [-0.3, -0.25) is 0 Å². The van der Waals surface area contributed by atoms with Crippen molar-refractivity contribution in [2.75, 3.05) is 0 Å². The van der Waals surface area contributed by atoms with Crippen LogP contribution in [0, 0.1) is 51.4 Å². The predicted molar refractivity (Wildman–Crippen MR) is 40.5 cm³/mol. The molecule has 0 aromatic heterocycles. The van der Waals surface area contributed by atoms with Gasteiger partial charge < -0.3 is 0 Å². The minimum absolute atomic E-state index is 1.12. The van der Waals surface area contributed by atoms with Crippen LogP contribution >= 0.6 is 0 Å². The molecule has 1 aromatic carbocycles. The highest BCUT2D eigenvalue weighted by atomic mass is 19.1. The van der Waals surface area contributed by atoms with Crippen molar-refractivity contribution < 1.29 is 13.2 Å². The van der Waals surface area contributed by atoms with Gasteiger partial charge in [-0.05, 0) is 0 Å². The van der Waals surface area contributed by atoms with E-state index in [2.05, 4.69) is 0 Å². The third-order valence-corrected chi connectivity index (χ3v) is 1.65. The van der Waals surface area contributed by atoms with Crippen molar-refractivity contribution in [2.45, 2.75) is 0 Å². The third-order valence-electron chi connectivity index (χ3n) is 1.65. The zero-order valence-corrected chi connectivity index (χ0v) is 6.98. The molecule has 1 aromatic rings. The zero-order valence-electron chi connectivity index (χ0n) is 6.98. The molecule has 0 radical (unpaired) electrons. The van der Waals surface area contributed by atoms with Crippen LogP contribution in [-0.4, -0.2) is 0 Å². The van der Waals surface area contributed by atoms with Crippen molar-refractivity contribution in [1.29, 1.82) is 15.8 Å². The van der Waals surface area contributed by atoms with E-state index in [9.17, 15) is 13.2 Å². The summed E-state index contributed by atoms with van der Waals surface area (Å²) >= 11 is 0. The van der Waals surface area contributed by atoms with Crippen LogP contribution in [0.5, 0.6) is 0 Å². The van der Waals surface area contributed by atoms with E-state index in [4.69, 9.17) is 15.8 Å². The first kappa shape index (κ1) is 10.6. The van der Waals surface area contributed by atoms with Crippen LogP contribution in [-0.2, 0) is 0 Å². The maximum Gasteiger partial charge on any atom is 0.164 e. The molecule has 0 saturated carbocycles. The van der Waals surface area contributed by atoms with Crippen molar-refractivity contribution in [3.8, 4) is 18.2 Å². The standard InChI is InChI=1S/C9F3N3/c10-7-4(1-13)8(11)6(3-15)9(12)5(7)2-14. The molecular weight excluding hydrogens is 207 g/mol. The van der Waals surface area contributed by atoms with Gasteiger partial charge in [-0.2, -0.15) is 15.8 Å². The summed E-state index contributed by atoms with van der Waals surface area (Å²) in [5.74, 6) is -4.77. The van der Waals surface area contributed by atoms with Gasteiger partial charge in [0.15, 0.2) is 17.5 Å². The van der Waals surface area contributed by atoms with Crippen LogP contribution in [0.25, 0.3) is 0 Å². The summed E-state index contributed by atoms with van der Waals surface area (Å²) in [6.07, 6.45) is 0. The van der Waals surface area contributed by atoms with Gasteiger partial charge in [0.2, 0.25) is 0 Å². The summed E-state index contributed by atoms with van der Waals surface area (Å²) in [7, 11) is 0. The molecule has 6 heteroatoms. The Kier molecular flexibility index (Phi) is 2.60. The smallest absolute Gasteiger partial charge is 0.164 e. The lowest BCUT2D eigenvalue weighted by molar-refractivity contribution is 0.530. The van der Waals surface area contributed by atoms with Crippen molar-refractivity contribution in [3.05, 3.63) is 34.1 Å². The molecule has 3 nitrogen and oxygen atoms in total. The normalized spacial score (nSPS) is 8.80. The lowest BCUT2D eigenvalue weighted by Gasteiger charge is -2.02. The molecule has 0 fully saturated rings. The summed E-state index contributed by atoms with van der Waals surface area (Å²) in [5, 5.41) is 25.1. The van der Waals surface area contributed by atoms with Gasteiger partial charge in [-0.15, -0.1) is 0 Å². The molecule has 0 aliphatic carbocycles. The summed E-state index contributed by atoms with van der Waals surface area (Å²) in [4.78, 5) is 0. The Balaban J connectivity index is 3.88. The fourth-order valence-electron chi connectivity index (χ4n) is 0.959. The molecule has 0 aliphatic rings. The number of halogens is 3. The highest BCUT2D eigenvalue weighted by molar-refractivity contribution is 5.50. The molecule has 1 rings (SSSR count). The molecule has 0 saturated heterocycles. The first-order valence-corrected chi connectivity index (χ1v) is 3.49. The van der Waals surface area contributed by atoms with Gasteiger partial charge >= 0.3 is 0 Å². The van der Waals surface area contributed by atoms with E-state index in [-0.39, 0.29) is 0 Å². The van der Waals surface area contributed by atoms with E-state index in [0.29, 0.717) is 0 Å². The maximum atomic E-state index is 13.1. The second kappa shape index (κ2) is 3.69. The highest BCUT2D eigenvalue weighted by Gasteiger charge is 2.24. The number of nitrogens with zero attached hydrogens (tertiary/aromatic N) is 3. The van der Waals surface area contributed by atoms with Crippen molar-refractivity contribution in [2.24, 2.45) is 0 Å². The van der Waals surface area contributed by atoms with Gasteiger partial charge in [0, 0.05) is 0 Å². The maximum absolute atomic E-state index is 13.1. The molecule has 0 bridgehead atoms. The molecule has 15 heavy (non-hydrogen) atoms. The molecular formula is C9F3N3. The highest BCUT2D eigenvalue weighted by Crippen LogP contribution is 2.23. The average molecular weight is 207 g/mol. The SMILES string of the molecule is N#Cc1c(F)c(C#N)c(F)c(C#N)c1F. The summed E-state index contributed by atoms with van der Waals surface area (Å²) in [5.41, 5.74) is -3.40. The zero-order chi connectivity index (χ0) is 11.6. The van der Waals surface area contributed by atoms with E-state index in [1.807, 2.05) is 0 Å². The molecule has 72 valence electrons. The summed E-state index contributed by atoms with van der Waals surface area (Å²) < 4.78 is 39.2. The summed E-state index contributed by atoms with van der Waals surface area (Å²) in [6.45, 7) is 0. The quantitative estimate of drug-likeness (QED) is 0.650. The molecule has 0 spiro atoms. The monoisotopic (exact) mass is 207 g/mol. The van der Waals surface area contributed by atoms with Gasteiger partial charge in [-0.1, -0.05) is 0 Å². The Morgan fingerprint density at radius 2 is 0.800 bits per heavy atom. The molecule has 0 heterocycles. The van der Waals surface area contributed by atoms with Gasteiger partial charge in [0.1, 0.15) is 34.9 Å². The molecule has 0 aliphatic heterocycles. The Bertz CT molecular complexity index is 456. The fraction of sp³-hybridized carbons (Fsp3) is 0. The largest absolute Gasteiger partial charge is 0.204 e. The molecule has 0 atom stereocenters. The van der Waals surface area contributed by atoms with E-state index in [0.717, 1.165) is 18.2 Å². The van der Waals surface area contributed by atoms with Crippen LogP contribution in [0.4, 0.5) is 13.2 Å². The first-order chi connectivity index (χ1) is 7.08. The van der Waals surface area contributed by atoms with E-state index in [1.54, 1.807) is 0 Å². The van der Waals surface area contributed by atoms with Crippen LogP contribution in [0.15, 0.2) is 0 Å². The molecule has 0 N–H and O–H groups in total. The average Bonchev–Trinajstić information content (AvgIpc) is 2.19. The van der Waals surface area contributed by atoms with Crippen LogP contribution < -0.4 is 0 Å². The number of nitriles is 3. The first-order valence-electron chi connectivity index (χ1n) is 3.49. The Hall–Kier alpha value is -2.52. The van der Waals surface area contributed by atoms with Gasteiger partial charge in [0.05, 0.1) is 0 Å². The summed E-state index contributed by atoms with van der Waals surface area (Å²) in [6, 6.07) is 3.36. The number of rotatable bonds is 0. The minimum atomic E-state index is -1.59. The predicted octanol–water partition coefficient (Wildman–Crippen LogP) is 1.72. The van der Waals surface area contributed by atoms with Crippen molar-refractivity contribution in [3.63, 3.8) is 0 Å². The van der Waals surface area contributed by atoms with E-state index < -0.39 is 34.1 Å². The number of hydrogen-bond acceptors (Lipinski definition) is 3. The molecule has 0 unspecified atom stereocenters. The van der Waals surface area contributed by atoms with Gasteiger partial charge in [0.25, 0.3) is 0 Å². The minimum Gasteiger partial charge on any atom is -0.204 e. The number of benzene rings is 1. The van der Waals surface area contributed by atoms with Crippen LogP contribution in [0.3, 0.4) is 0 Å². The van der Waals surface area contributed by atoms with Crippen LogP contribution in [0.2, 0.25) is 0 Å². The lowest BCUT2D eigenvalue weighted by atomic mass is 10.0. The number of hydrogen-bond donors (Lipinski definition) is 0. The lowest BCUT2D eigenvalue weighted by Crippen LogP contribution is -2.03.